The van der Waals surface area contributed by atoms with Crippen LogP contribution in [0, 0.1) is 12.3 Å². The number of hydrogen-bond donors (Lipinski definition) is 2. The standard InChI is InChI=1S/C12H20N4O/c1-8-9(13)10(16(3)15-8)14-11(17)12(2)6-4-5-7-12/h4-7,13H2,1-3H3,(H,14,17). The van der Waals surface area contributed by atoms with Gasteiger partial charge in [0.1, 0.15) is 0 Å². The van der Waals surface area contributed by atoms with Crippen LogP contribution in [0.1, 0.15) is 38.3 Å². The van der Waals surface area contributed by atoms with Gasteiger partial charge in [-0.2, -0.15) is 5.10 Å². The summed E-state index contributed by atoms with van der Waals surface area (Å²) in [5.74, 6) is 0.672. The van der Waals surface area contributed by atoms with E-state index in [1.807, 2.05) is 13.8 Å². The normalized spacial score (nSPS) is 18.3. The fraction of sp³-hybridized carbons (Fsp3) is 0.667. The highest BCUT2D eigenvalue weighted by molar-refractivity contribution is 5.97. The highest BCUT2D eigenvalue weighted by atomic mass is 16.2. The van der Waals surface area contributed by atoms with Gasteiger partial charge in [-0.1, -0.05) is 19.8 Å². The second kappa shape index (κ2) is 4.05. The molecule has 3 N–H and O–H groups in total. The Balaban J connectivity index is 2.18. The molecule has 5 nitrogen and oxygen atoms in total. The molecule has 0 saturated heterocycles. The van der Waals surface area contributed by atoms with Crippen LogP contribution in [0.3, 0.4) is 0 Å². The third-order valence-electron chi connectivity index (χ3n) is 3.76. The minimum absolute atomic E-state index is 0.0599. The maximum Gasteiger partial charge on any atom is 0.231 e. The highest BCUT2D eigenvalue weighted by Gasteiger charge is 2.36. The van der Waals surface area contributed by atoms with Crippen LogP contribution in [0.25, 0.3) is 0 Å². The van der Waals surface area contributed by atoms with Crippen LogP contribution < -0.4 is 11.1 Å². The highest BCUT2D eigenvalue weighted by Crippen LogP contribution is 2.38. The Morgan fingerprint density at radius 3 is 2.53 bits per heavy atom. The Hall–Kier alpha value is -1.52. The van der Waals surface area contributed by atoms with E-state index in [0.717, 1.165) is 31.4 Å². The Bertz CT molecular complexity index is 444. The fourth-order valence-corrected chi connectivity index (χ4v) is 2.46. The Morgan fingerprint density at radius 2 is 2.06 bits per heavy atom. The first-order valence-corrected chi connectivity index (χ1v) is 6.04. The van der Waals surface area contributed by atoms with Crippen LogP contribution in [0.15, 0.2) is 0 Å². The molecule has 0 atom stereocenters. The molecule has 1 fully saturated rings. The summed E-state index contributed by atoms with van der Waals surface area (Å²) in [5, 5.41) is 7.11. The molecule has 0 unspecified atom stereocenters. The van der Waals surface area contributed by atoms with Crippen molar-refractivity contribution in [2.45, 2.75) is 39.5 Å². The number of aryl methyl sites for hydroxylation is 2. The zero-order valence-corrected chi connectivity index (χ0v) is 10.7. The quantitative estimate of drug-likeness (QED) is 0.822. The summed E-state index contributed by atoms with van der Waals surface area (Å²) >= 11 is 0. The van der Waals surface area contributed by atoms with E-state index in [1.54, 1.807) is 11.7 Å². The number of aromatic nitrogens is 2. The smallest absolute Gasteiger partial charge is 0.231 e. The number of carbonyl (C=O) groups is 1. The Morgan fingerprint density at radius 1 is 1.47 bits per heavy atom. The van der Waals surface area contributed by atoms with E-state index in [2.05, 4.69) is 10.4 Å². The molecule has 1 aliphatic rings. The molecule has 1 saturated carbocycles. The van der Waals surface area contributed by atoms with Gasteiger partial charge in [0.05, 0.1) is 11.4 Å². The molecule has 94 valence electrons. The molecule has 1 heterocycles. The van der Waals surface area contributed by atoms with Crippen molar-refractivity contribution in [3.63, 3.8) is 0 Å². The lowest BCUT2D eigenvalue weighted by Crippen LogP contribution is -2.31. The lowest BCUT2D eigenvalue weighted by Gasteiger charge is -2.22. The maximum absolute atomic E-state index is 12.2. The molecule has 0 spiro atoms. The minimum Gasteiger partial charge on any atom is -0.394 e. The number of nitrogens with one attached hydrogen (secondary N) is 1. The van der Waals surface area contributed by atoms with Gasteiger partial charge in [0.15, 0.2) is 5.82 Å². The van der Waals surface area contributed by atoms with Gasteiger partial charge in [0, 0.05) is 12.5 Å². The monoisotopic (exact) mass is 236 g/mol. The number of anilines is 2. The van der Waals surface area contributed by atoms with Crippen molar-refractivity contribution in [2.75, 3.05) is 11.1 Å². The summed E-state index contributed by atoms with van der Waals surface area (Å²) < 4.78 is 1.63. The molecule has 0 aliphatic heterocycles. The molecule has 17 heavy (non-hydrogen) atoms. The van der Waals surface area contributed by atoms with E-state index >= 15 is 0 Å². The first-order chi connectivity index (χ1) is 7.94. The van der Waals surface area contributed by atoms with Crippen molar-refractivity contribution in [3.8, 4) is 0 Å². The van der Waals surface area contributed by atoms with Gasteiger partial charge in [0.25, 0.3) is 0 Å². The van der Waals surface area contributed by atoms with Gasteiger partial charge in [-0.05, 0) is 19.8 Å². The summed E-state index contributed by atoms with van der Waals surface area (Å²) in [7, 11) is 1.79. The Labute approximate surface area is 101 Å². The molecule has 0 bridgehead atoms. The van der Waals surface area contributed by atoms with Gasteiger partial charge < -0.3 is 11.1 Å². The van der Waals surface area contributed by atoms with Gasteiger partial charge >= 0.3 is 0 Å². The average Bonchev–Trinajstić information content (AvgIpc) is 2.80. The summed E-state index contributed by atoms with van der Waals surface area (Å²) in [5.41, 5.74) is 6.96. The number of amides is 1. The third kappa shape index (κ3) is 2.01. The van der Waals surface area contributed by atoms with Gasteiger partial charge in [0.2, 0.25) is 5.91 Å². The maximum atomic E-state index is 12.2. The molecule has 1 aromatic heterocycles. The number of nitrogen functional groups attached to an aromatic ring is 1. The largest absolute Gasteiger partial charge is 0.394 e. The van der Waals surface area contributed by atoms with Crippen LogP contribution in [0.5, 0.6) is 0 Å². The zero-order valence-electron chi connectivity index (χ0n) is 10.7. The van der Waals surface area contributed by atoms with Crippen molar-refractivity contribution in [1.29, 1.82) is 0 Å². The number of hydrogen-bond acceptors (Lipinski definition) is 3. The molecule has 0 aromatic carbocycles. The predicted octanol–water partition coefficient (Wildman–Crippen LogP) is 1.83. The van der Waals surface area contributed by atoms with E-state index in [0.29, 0.717) is 11.5 Å². The van der Waals surface area contributed by atoms with Gasteiger partial charge in [-0.25, -0.2) is 0 Å². The first-order valence-electron chi connectivity index (χ1n) is 6.04. The Kier molecular flexibility index (Phi) is 2.85. The number of nitrogens with two attached hydrogens (primary N) is 1. The molecule has 0 radical (unpaired) electrons. The summed E-state index contributed by atoms with van der Waals surface area (Å²) in [6.07, 6.45) is 4.17. The molecule has 5 heteroatoms. The van der Waals surface area contributed by atoms with Gasteiger partial charge in [-0.15, -0.1) is 0 Å². The van der Waals surface area contributed by atoms with Crippen molar-refractivity contribution in [1.82, 2.24) is 9.78 Å². The van der Waals surface area contributed by atoms with Crippen molar-refractivity contribution in [2.24, 2.45) is 12.5 Å². The second-order valence-electron chi connectivity index (χ2n) is 5.19. The van der Waals surface area contributed by atoms with Crippen LogP contribution in [0.2, 0.25) is 0 Å². The summed E-state index contributed by atoms with van der Waals surface area (Å²) in [6.45, 7) is 3.86. The first kappa shape index (κ1) is 12.0. The molecule has 2 rings (SSSR count). The van der Waals surface area contributed by atoms with Gasteiger partial charge in [-0.3, -0.25) is 9.48 Å². The lowest BCUT2D eigenvalue weighted by atomic mass is 9.88. The third-order valence-corrected chi connectivity index (χ3v) is 3.76. The zero-order chi connectivity index (χ0) is 12.6. The van der Waals surface area contributed by atoms with Crippen molar-refractivity contribution < 1.29 is 4.79 Å². The van der Waals surface area contributed by atoms with E-state index < -0.39 is 0 Å². The van der Waals surface area contributed by atoms with Crippen LogP contribution in [-0.2, 0) is 11.8 Å². The molecule has 1 amide bonds. The van der Waals surface area contributed by atoms with E-state index in [-0.39, 0.29) is 11.3 Å². The molecule has 1 aromatic rings. The number of rotatable bonds is 2. The number of carbonyl (C=O) groups excluding carboxylic acids is 1. The van der Waals surface area contributed by atoms with Crippen LogP contribution in [-0.4, -0.2) is 15.7 Å². The van der Waals surface area contributed by atoms with Crippen LogP contribution >= 0.6 is 0 Å². The van der Waals surface area contributed by atoms with E-state index in [4.69, 9.17) is 5.73 Å². The van der Waals surface area contributed by atoms with Crippen molar-refractivity contribution in [3.05, 3.63) is 5.69 Å². The van der Waals surface area contributed by atoms with Crippen LogP contribution in [0.4, 0.5) is 11.5 Å². The molecular formula is C12H20N4O. The molecular weight excluding hydrogens is 216 g/mol. The fourth-order valence-electron chi connectivity index (χ4n) is 2.46. The predicted molar refractivity (Wildman–Crippen MR) is 67.6 cm³/mol. The lowest BCUT2D eigenvalue weighted by molar-refractivity contribution is -0.124. The average molecular weight is 236 g/mol. The molecule has 1 aliphatic carbocycles. The van der Waals surface area contributed by atoms with E-state index in [9.17, 15) is 4.79 Å². The topological polar surface area (TPSA) is 72.9 Å². The minimum atomic E-state index is -0.245. The SMILES string of the molecule is Cc1nn(C)c(NC(=O)C2(C)CCCC2)c1N. The summed E-state index contributed by atoms with van der Waals surface area (Å²) in [4.78, 5) is 12.2. The number of nitrogens with zero attached hydrogens (tertiary/aromatic N) is 2. The van der Waals surface area contributed by atoms with E-state index in [1.165, 1.54) is 0 Å². The second-order valence-corrected chi connectivity index (χ2v) is 5.19. The summed E-state index contributed by atoms with van der Waals surface area (Å²) in [6, 6.07) is 0. The van der Waals surface area contributed by atoms with Crippen molar-refractivity contribution >= 4 is 17.4 Å².